The summed E-state index contributed by atoms with van der Waals surface area (Å²) in [5, 5.41) is 24.6. The van der Waals surface area contributed by atoms with Crippen molar-refractivity contribution < 1.29 is 10.0 Å². The largest absolute Gasteiger partial charge is 0.508 e. The molecular formula is C28H22BrNO3. The number of hydrogen-bond donors (Lipinski definition) is 1. The van der Waals surface area contributed by atoms with Crippen LogP contribution in [-0.2, 0) is 6.42 Å². The van der Waals surface area contributed by atoms with Crippen molar-refractivity contribution in [2.75, 3.05) is 0 Å². The van der Waals surface area contributed by atoms with Gasteiger partial charge in [-0.3, -0.25) is 10.1 Å². The number of allylic oxidation sites excluding steroid dienone is 4. The number of non-ortho nitro benzene ring substituents is 1. The van der Waals surface area contributed by atoms with Crippen LogP contribution >= 0.6 is 15.9 Å². The van der Waals surface area contributed by atoms with Gasteiger partial charge >= 0.3 is 0 Å². The van der Waals surface area contributed by atoms with Gasteiger partial charge in [-0.25, -0.2) is 0 Å². The molecule has 0 radical (unpaired) electrons. The second-order valence-electron chi connectivity index (χ2n) is 8.36. The van der Waals surface area contributed by atoms with Crippen molar-refractivity contribution >= 4 is 48.7 Å². The number of fused-ring (bicyclic) bond motifs is 5. The van der Waals surface area contributed by atoms with E-state index in [9.17, 15) is 10.1 Å². The molecule has 0 atom stereocenters. The highest BCUT2D eigenvalue weighted by molar-refractivity contribution is 9.10. The first kappa shape index (κ1) is 21.4. The maximum absolute atomic E-state index is 11.2. The highest BCUT2D eigenvalue weighted by Crippen LogP contribution is 2.42. The van der Waals surface area contributed by atoms with Crippen LogP contribution in [0.3, 0.4) is 0 Å². The quantitative estimate of drug-likeness (QED) is 0.212. The van der Waals surface area contributed by atoms with Gasteiger partial charge in [0, 0.05) is 16.6 Å². The molecule has 0 unspecified atom stereocenters. The van der Waals surface area contributed by atoms with Gasteiger partial charge in [-0.1, -0.05) is 60.2 Å². The number of nitro groups is 1. The minimum atomic E-state index is -0.322. The molecule has 0 fully saturated rings. The van der Waals surface area contributed by atoms with Crippen LogP contribution in [0, 0.1) is 10.1 Å². The molecule has 5 heteroatoms. The molecular weight excluding hydrogens is 478 g/mol. The third-order valence-electron chi connectivity index (χ3n) is 6.37. The molecule has 0 aliphatic heterocycles. The van der Waals surface area contributed by atoms with Gasteiger partial charge in [0.2, 0.25) is 0 Å². The van der Waals surface area contributed by atoms with Crippen LogP contribution in [0.5, 0.6) is 5.75 Å². The number of phenols is 1. The van der Waals surface area contributed by atoms with Crippen molar-refractivity contribution in [2.45, 2.75) is 25.7 Å². The SMILES string of the molecule is O=[N+]([O-])c1cc(Br)c2ccc3c(c2c1)CCC1=C3C=CCC1.Oc1ccc2ccccc2c1. The van der Waals surface area contributed by atoms with Crippen LogP contribution in [0.2, 0.25) is 0 Å². The lowest BCUT2D eigenvalue weighted by molar-refractivity contribution is -0.384. The third-order valence-corrected chi connectivity index (χ3v) is 7.03. The summed E-state index contributed by atoms with van der Waals surface area (Å²) < 4.78 is 0.790. The summed E-state index contributed by atoms with van der Waals surface area (Å²) in [6.45, 7) is 0. The fourth-order valence-electron chi connectivity index (χ4n) is 4.77. The van der Waals surface area contributed by atoms with Crippen molar-refractivity contribution in [3.8, 4) is 5.75 Å². The number of benzene rings is 4. The topological polar surface area (TPSA) is 63.4 Å². The van der Waals surface area contributed by atoms with Gasteiger partial charge in [0.25, 0.3) is 5.69 Å². The predicted molar refractivity (Wildman–Crippen MR) is 138 cm³/mol. The Bertz CT molecular complexity index is 1470. The second-order valence-corrected chi connectivity index (χ2v) is 9.22. The molecule has 0 amide bonds. The summed E-state index contributed by atoms with van der Waals surface area (Å²) in [5.41, 5.74) is 5.49. The molecule has 0 saturated heterocycles. The number of halogens is 1. The van der Waals surface area contributed by atoms with Crippen molar-refractivity contribution in [1.82, 2.24) is 0 Å². The second kappa shape index (κ2) is 8.83. The molecule has 0 aromatic heterocycles. The van der Waals surface area contributed by atoms with Gasteiger partial charge in [0.05, 0.1) is 4.92 Å². The highest BCUT2D eigenvalue weighted by Gasteiger charge is 2.22. The van der Waals surface area contributed by atoms with E-state index in [0.29, 0.717) is 5.75 Å². The first-order valence-electron chi connectivity index (χ1n) is 11.0. The van der Waals surface area contributed by atoms with E-state index >= 15 is 0 Å². The van der Waals surface area contributed by atoms with Gasteiger partial charge in [0.15, 0.2) is 0 Å². The molecule has 164 valence electrons. The number of rotatable bonds is 1. The average molecular weight is 500 g/mol. The van der Waals surface area contributed by atoms with Gasteiger partial charge < -0.3 is 5.11 Å². The Labute approximate surface area is 200 Å². The Kier molecular flexibility index (Phi) is 5.73. The maximum atomic E-state index is 11.2. The molecule has 0 spiro atoms. The van der Waals surface area contributed by atoms with E-state index in [0.717, 1.165) is 51.7 Å². The molecule has 33 heavy (non-hydrogen) atoms. The Balaban J connectivity index is 0.000000174. The lowest BCUT2D eigenvalue weighted by Gasteiger charge is -2.25. The maximum Gasteiger partial charge on any atom is 0.271 e. The summed E-state index contributed by atoms with van der Waals surface area (Å²) in [4.78, 5) is 10.8. The zero-order chi connectivity index (χ0) is 22.9. The van der Waals surface area contributed by atoms with Crippen LogP contribution in [0.4, 0.5) is 5.69 Å². The lowest BCUT2D eigenvalue weighted by Crippen LogP contribution is -2.07. The van der Waals surface area contributed by atoms with Gasteiger partial charge in [-0.15, -0.1) is 0 Å². The van der Waals surface area contributed by atoms with E-state index in [1.807, 2.05) is 30.3 Å². The van der Waals surface area contributed by atoms with E-state index in [-0.39, 0.29) is 10.6 Å². The molecule has 4 aromatic carbocycles. The van der Waals surface area contributed by atoms with Crippen LogP contribution in [0.25, 0.3) is 27.1 Å². The van der Waals surface area contributed by atoms with Crippen molar-refractivity contribution in [1.29, 1.82) is 0 Å². The number of aromatic hydroxyl groups is 1. The van der Waals surface area contributed by atoms with Crippen LogP contribution in [0.1, 0.15) is 30.4 Å². The normalized spacial score (nSPS) is 14.5. The summed E-state index contributed by atoms with van der Waals surface area (Å²) in [5.74, 6) is 0.323. The Morgan fingerprint density at radius 1 is 0.879 bits per heavy atom. The van der Waals surface area contributed by atoms with E-state index < -0.39 is 0 Å². The Morgan fingerprint density at radius 2 is 1.70 bits per heavy atom. The molecule has 4 aromatic rings. The average Bonchev–Trinajstić information content (AvgIpc) is 2.83. The van der Waals surface area contributed by atoms with Crippen molar-refractivity contribution in [3.05, 3.63) is 110 Å². The molecule has 0 saturated carbocycles. The Morgan fingerprint density at radius 3 is 2.52 bits per heavy atom. The monoisotopic (exact) mass is 499 g/mol. The zero-order valence-corrected chi connectivity index (χ0v) is 19.5. The number of hydrogen-bond acceptors (Lipinski definition) is 3. The van der Waals surface area contributed by atoms with Crippen LogP contribution in [0.15, 0.2) is 88.9 Å². The molecule has 6 rings (SSSR count). The number of nitro benzene ring substituents is 1. The molecule has 1 N–H and O–H groups in total. The smallest absolute Gasteiger partial charge is 0.271 e. The number of phenolic OH excluding ortho intramolecular Hbond substituents is 1. The first-order chi connectivity index (χ1) is 16.0. The predicted octanol–water partition coefficient (Wildman–Crippen LogP) is 8.11. The van der Waals surface area contributed by atoms with Crippen molar-refractivity contribution in [2.24, 2.45) is 0 Å². The minimum Gasteiger partial charge on any atom is -0.508 e. The van der Waals surface area contributed by atoms with E-state index in [2.05, 4.69) is 40.2 Å². The van der Waals surface area contributed by atoms with Crippen molar-refractivity contribution in [3.63, 3.8) is 0 Å². The third kappa shape index (κ3) is 4.16. The first-order valence-corrected chi connectivity index (χ1v) is 11.8. The van der Waals surface area contributed by atoms with E-state index in [1.54, 1.807) is 24.3 Å². The molecule has 4 nitrogen and oxygen atoms in total. The summed E-state index contributed by atoms with van der Waals surface area (Å²) in [6.07, 6.45) is 8.73. The highest BCUT2D eigenvalue weighted by atomic mass is 79.9. The van der Waals surface area contributed by atoms with Gasteiger partial charge in [-0.2, -0.15) is 0 Å². The standard InChI is InChI=1S/C18H14BrNO2.C10H8O/c19-18-10-12(20(21)22)9-17-15-6-5-11-3-1-2-4-13(11)14(15)7-8-16(17)18;11-10-6-5-8-3-1-2-4-9(8)7-10/h2,4,7-10H,1,3,5-6H2;1-7,11H. The van der Waals surface area contributed by atoms with E-state index in [4.69, 9.17) is 5.11 Å². The summed E-state index contributed by atoms with van der Waals surface area (Å²) in [7, 11) is 0. The molecule has 2 aliphatic rings. The Hall–Kier alpha value is -3.44. The lowest BCUT2D eigenvalue weighted by atomic mass is 9.79. The fraction of sp³-hybridized carbons (Fsp3) is 0.143. The number of aryl methyl sites for hydroxylation is 1. The minimum absolute atomic E-state index is 0.145. The molecule has 0 heterocycles. The van der Waals surface area contributed by atoms with Gasteiger partial charge in [0.1, 0.15) is 5.75 Å². The molecule has 0 bridgehead atoms. The summed E-state index contributed by atoms with van der Waals surface area (Å²) >= 11 is 3.48. The van der Waals surface area contributed by atoms with Gasteiger partial charge in [-0.05, 0) is 92.0 Å². The summed E-state index contributed by atoms with van der Waals surface area (Å²) in [6, 6.07) is 20.9. The number of nitrogens with zero attached hydrogens (tertiary/aromatic N) is 1. The zero-order valence-electron chi connectivity index (χ0n) is 17.9. The van der Waals surface area contributed by atoms with E-state index in [1.165, 1.54) is 22.3 Å². The van der Waals surface area contributed by atoms with Crippen LogP contribution < -0.4 is 0 Å². The fourth-order valence-corrected chi connectivity index (χ4v) is 5.35. The van der Waals surface area contributed by atoms with Crippen LogP contribution in [-0.4, -0.2) is 10.0 Å². The molecule has 2 aliphatic carbocycles.